The van der Waals surface area contributed by atoms with Gasteiger partial charge in [0.2, 0.25) is 0 Å². The normalized spacial score (nSPS) is 10.7. The van der Waals surface area contributed by atoms with Gasteiger partial charge in [0.05, 0.1) is 17.3 Å². The van der Waals surface area contributed by atoms with Crippen molar-refractivity contribution in [2.75, 3.05) is 5.32 Å². The molecule has 0 aliphatic rings. The van der Waals surface area contributed by atoms with E-state index in [1.165, 1.54) is 12.1 Å². The molecule has 2 rings (SSSR count). The first-order valence-corrected chi connectivity index (χ1v) is 6.39. The van der Waals surface area contributed by atoms with Crippen LogP contribution in [0.4, 0.5) is 10.1 Å². The van der Waals surface area contributed by atoms with Crippen LogP contribution in [0.5, 0.6) is 0 Å². The standard InChI is InChI=1S/C11H11BrClFN4/c1-6-16-17-10(18(6)2)5-15-11-8(12)3-7(14)4-9(11)13/h3-4,15H,5H2,1-2H3. The molecule has 1 aromatic carbocycles. The van der Waals surface area contributed by atoms with Gasteiger partial charge in [-0.25, -0.2) is 4.39 Å². The number of hydrogen-bond acceptors (Lipinski definition) is 3. The van der Waals surface area contributed by atoms with Gasteiger partial charge in [0.15, 0.2) is 5.82 Å². The van der Waals surface area contributed by atoms with Gasteiger partial charge in [-0.05, 0) is 35.0 Å². The van der Waals surface area contributed by atoms with Crippen molar-refractivity contribution in [2.45, 2.75) is 13.5 Å². The monoisotopic (exact) mass is 332 g/mol. The average Bonchev–Trinajstić information content (AvgIpc) is 2.59. The summed E-state index contributed by atoms with van der Waals surface area (Å²) < 4.78 is 15.5. The van der Waals surface area contributed by atoms with Gasteiger partial charge < -0.3 is 9.88 Å². The maximum atomic E-state index is 13.1. The third-order valence-corrected chi connectivity index (χ3v) is 3.54. The van der Waals surface area contributed by atoms with Crippen LogP contribution >= 0.6 is 27.5 Å². The lowest BCUT2D eigenvalue weighted by atomic mass is 10.3. The van der Waals surface area contributed by atoms with Crippen LogP contribution in [0.15, 0.2) is 16.6 Å². The zero-order valence-corrected chi connectivity index (χ0v) is 12.2. The smallest absolute Gasteiger partial charge is 0.152 e. The maximum Gasteiger partial charge on any atom is 0.152 e. The van der Waals surface area contributed by atoms with Crippen LogP contribution < -0.4 is 5.32 Å². The number of hydrogen-bond donors (Lipinski definition) is 1. The molecule has 0 amide bonds. The Bertz CT molecular complexity index is 561. The molecule has 0 aliphatic carbocycles. The summed E-state index contributed by atoms with van der Waals surface area (Å²) in [6, 6.07) is 2.62. The quantitative estimate of drug-likeness (QED) is 0.937. The number of aryl methyl sites for hydroxylation is 1. The maximum absolute atomic E-state index is 13.1. The number of nitrogens with one attached hydrogen (secondary N) is 1. The van der Waals surface area contributed by atoms with Crippen LogP contribution in [0.2, 0.25) is 5.02 Å². The molecule has 0 radical (unpaired) electrons. The highest BCUT2D eigenvalue weighted by Crippen LogP contribution is 2.31. The summed E-state index contributed by atoms with van der Waals surface area (Å²) in [7, 11) is 1.88. The molecule has 0 unspecified atom stereocenters. The highest BCUT2D eigenvalue weighted by atomic mass is 79.9. The molecule has 18 heavy (non-hydrogen) atoms. The Morgan fingerprint density at radius 3 is 2.72 bits per heavy atom. The lowest BCUT2D eigenvalue weighted by Gasteiger charge is -2.10. The van der Waals surface area contributed by atoms with Crippen molar-refractivity contribution >= 4 is 33.2 Å². The highest BCUT2D eigenvalue weighted by molar-refractivity contribution is 9.10. The molecule has 0 aliphatic heterocycles. The molecule has 0 bridgehead atoms. The summed E-state index contributed by atoms with van der Waals surface area (Å²) in [4.78, 5) is 0. The van der Waals surface area contributed by atoms with E-state index in [0.717, 1.165) is 11.6 Å². The molecule has 0 saturated carbocycles. The van der Waals surface area contributed by atoms with Crippen molar-refractivity contribution < 1.29 is 4.39 Å². The van der Waals surface area contributed by atoms with Crippen molar-refractivity contribution in [1.29, 1.82) is 0 Å². The second-order valence-corrected chi connectivity index (χ2v) is 5.08. The topological polar surface area (TPSA) is 42.7 Å². The van der Waals surface area contributed by atoms with E-state index in [2.05, 4.69) is 31.4 Å². The number of halogens is 3. The van der Waals surface area contributed by atoms with Gasteiger partial charge in [0.25, 0.3) is 0 Å². The van der Waals surface area contributed by atoms with Crippen molar-refractivity contribution in [3.05, 3.63) is 39.1 Å². The lowest BCUT2D eigenvalue weighted by Crippen LogP contribution is -2.07. The third-order valence-electron chi connectivity index (χ3n) is 2.61. The Balaban J connectivity index is 2.18. The predicted molar refractivity (Wildman–Crippen MR) is 72.2 cm³/mol. The van der Waals surface area contributed by atoms with E-state index in [0.29, 0.717) is 21.7 Å². The van der Waals surface area contributed by atoms with Gasteiger partial charge in [0.1, 0.15) is 11.6 Å². The third kappa shape index (κ3) is 2.64. The predicted octanol–water partition coefficient (Wildman–Crippen LogP) is 3.29. The summed E-state index contributed by atoms with van der Waals surface area (Å²) >= 11 is 9.24. The minimum atomic E-state index is -0.382. The van der Waals surface area contributed by atoms with E-state index < -0.39 is 0 Å². The molecule has 0 spiro atoms. The summed E-state index contributed by atoms with van der Waals surface area (Å²) in [6.07, 6.45) is 0. The summed E-state index contributed by atoms with van der Waals surface area (Å²) in [5.74, 6) is 1.22. The molecule has 0 atom stereocenters. The molecule has 1 N–H and O–H groups in total. The van der Waals surface area contributed by atoms with Crippen molar-refractivity contribution in [2.24, 2.45) is 7.05 Å². The fourth-order valence-corrected chi connectivity index (χ4v) is 2.44. The van der Waals surface area contributed by atoms with Crippen LogP contribution in [0, 0.1) is 12.7 Å². The summed E-state index contributed by atoms with van der Waals surface area (Å²) in [5, 5.41) is 11.4. The molecule has 96 valence electrons. The largest absolute Gasteiger partial charge is 0.376 e. The molecule has 0 saturated heterocycles. The SMILES string of the molecule is Cc1nnc(CNc2c(Cl)cc(F)cc2Br)n1C. The zero-order valence-electron chi connectivity index (χ0n) is 9.84. The molecule has 2 aromatic rings. The molecule has 4 nitrogen and oxygen atoms in total. The second kappa shape index (κ2) is 5.24. The number of rotatable bonds is 3. The van der Waals surface area contributed by atoms with Gasteiger partial charge in [-0.1, -0.05) is 11.6 Å². The Morgan fingerprint density at radius 1 is 1.44 bits per heavy atom. The van der Waals surface area contributed by atoms with Gasteiger partial charge in [0, 0.05) is 11.5 Å². The molecule has 1 aromatic heterocycles. The van der Waals surface area contributed by atoms with Crippen LogP contribution in [0.25, 0.3) is 0 Å². The van der Waals surface area contributed by atoms with Crippen LogP contribution in [0.1, 0.15) is 11.6 Å². The molecule has 0 fully saturated rings. The van der Waals surface area contributed by atoms with E-state index in [1.807, 2.05) is 18.5 Å². The highest BCUT2D eigenvalue weighted by Gasteiger charge is 2.10. The van der Waals surface area contributed by atoms with Gasteiger partial charge >= 0.3 is 0 Å². The average molecular weight is 334 g/mol. The van der Waals surface area contributed by atoms with E-state index in [-0.39, 0.29) is 5.82 Å². The van der Waals surface area contributed by atoms with Crippen LogP contribution in [-0.4, -0.2) is 14.8 Å². The van der Waals surface area contributed by atoms with Gasteiger partial charge in [-0.2, -0.15) is 0 Å². The number of nitrogens with zero attached hydrogens (tertiary/aromatic N) is 3. The lowest BCUT2D eigenvalue weighted by molar-refractivity contribution is 0.627. The zero-order chi connectivity index (χ0) is 13.3. The summed E-state index contributed by atoms with van der Waals surface area (Å²) in [5.41, 5.74) is 0.638. The van der Waals surface area contributed by atoms with Gasteiger partial charge in [-0.15, -0.1) is 10.2 Å². The molecular formula is C11H11BrClFN4. The van der Waals surface area contributed by atoms with Crippen molar-refractivity contribution in [3.63, 3.8) is 0 Å². The Hall–Kier alpha value is -1.14. The minimum Gasteiger partial charge on any atom is -0.376 e. The fraction of sp³-hybridized carbons (Fsp3) is 0.273. The first-order valence-electron chi connectivity index (χ1n) is 5.22. The Morgan fingerprint density at radius 2 is 2.17 bits per heavy atom. The van der Waals surface area contributed by atoms with E-state index >= 15 is 0 Å². The number of aromatic nitrogens is 3. The summed E-state index contributed by atoms with van der Waals surface area (Å²) in [6.45, 7) is 2.33. The number of anilines is 1. The van der Waals surface area contributed by atoms with E-state index in [1.54, 1.807) is 0 Å². The second-order valence-electron chi connectivity index (χ2n) is 3.82. The molecule has 7 heteroatoms. The Kier molecular flexibility index (Phi) is 3.87. The minimum absolute atomic E-state index is 0.320. The van der Waals surface area contributed by atoms with Crippen LogP contribution in [-0.2, 0) is 13.6 Å². The Labute approximate surface area is 117 Å². The fourth-order valence-electron chi connectivity index (χ4n) is 1.48. The first kappa shape index (κ1) is 13.3. The number of benzene rings is 1. The van der Waals surface area contributed by atoms with Gasteiger partial charge in [-0.3, -0.25) is 0 Å². The van der Waals surface area contributed by atoms with Crippen LogP contribution in [0.3, 0.4) is 0 Å². The van der Waals surface area contributed by atoms with Crippen molar-refractivity contribution in [3.8, 4) is 0 Å². The van der Waals surface area contributed by atoms with E-state index in [9.17, 15) is 4.39 Å². The molecule has 1 heterocycles. The first-order chi connectivity index (χ1) is 8.49. The van der Waals surface area contributed by atoms with E-state index in [4.69, 9.17) is 11.6 Å². The molecular weight excluding hydrogens is 323 g/mol. The van der Waals surface area contributed by atoms with Crippen molar-refractivity contribution in [1.82, 2.24) is 14.8 Å².